The first-order chi connectivity index (χ1) is 15.9. The van der Waals surface area contributed by atoms with Gasteiger partial charge < -0.3 is 5.48 Å². The standard InChI is InChI=1S/2C12H24N3P.O/c2*1-2-8-13(7-1)16(14-9-3-4-10-14)15-11-5-6-12-15;/h2*1-12H2;/q;;-2/p+2. The minimum Gasteiger partial charge on any atom is -2.00 e. The smallest absolute Gasteiger partial charge is 0.213 e. The molecule has 0 saturated carbocycles. The topological polar surface area (TPSA) is 47.9 Å². The third kappa shape index (κ3) is 6.87. The highest BCUT2D eigenvalue weighted by Gasteiger charge is 2.43. The molecule has 0 aromatic carbocycles. The van der Waals surface area contributed by atoms with Gasteiger partial charge in [0.25, 0.3) is 0 Å². The minimum absolute atomic E-state index is 0. The van der Waals surface area contributed by atoms with Crippen molar-refractivity contribution in [2.24, 2.45) is 0 Å². The van der Waals surface area contributed by atoms with E-state index in [1.54, 1.807) is 0 Å². The third-order valence-electron chi connectivity index (χ3n) is 8.33. The van der Waals surface area contributed by atoms with Gasteiger partial charge in [-0.3, -0.25) is 0 Å². The summed E-state index contributed by atoms with van der Waals surface area (Å²) < 4.78 is 17.0. The summed E-state index contributed by atoms with van der Waals surface area (Å²) in [5, 5.41) is 0. The second-order valence-electron chi connectivity index (χ2n) is 10.8. The summed E-state index contributed by atoms with van der Waals surface area (Å²) in [6, 6.07) is 0. The molecule has 9 heteroatoms. The minimum atomic E-state index is -0.478. The van der Waals surface area contributed by atoms with Gasteiger partial charge in [-0.1, -0.05) is 0 Å². The lowest BCUT2D eigenvalue weighted by atomic mass is 10.4. The molecule has 6 heterocycles. The van der Waals surface area contributed by atoms with Gasteiger partial charge >= 0.3 is 0 Å². The van der Waals surface area contributed by atoms with Crippen LogP contribution in [-0.4, -0.2) is 107 Å². The first kappa shape index (κ1) is 26.6. The van der Waals surface area contributed by atoms with E-state index >= 15 is 0 Å². The summed E-state index contributed by atoms with van der Waals surface area (Å²) in [4.78, 5) is 0. The Bertz CT molecular complexity index is 415. The Morgan fingerprint density at radius 1 is 0.242 bits per heavy atom. The molecule has 0 aromatic rings. The van der Waals surface area contributed by atoms with Crippen molar-refractivity contribution < 1.29 is 5.48 Å². The predicted octanol–water partition coefficient (Wildman–Crippen LogP) is 4.35. The van der Waals surface area contributed by atoms with E-state index in [1.807, 2.05) is 0 Å². The SMILES string of the molecule is C1CCN([PH+](N2CCCC2)N2CCCC2)C1.C1CCN([PH+](N2CCCC2)N2CCCC2)C1.[O-2]. The van der Waals surface area contributed by atoms with Crippen LogP contribution in [0, 0.1) is 0 Å². The molecule has 6 fully saturated rings. The first-order valence-electron chi connectivity index (χ1n) is 14.1. The maximum atomic E-state index is 2.83. The number of rotatable bonds is 6. The molecule has 192 valence electrons. The van der Waals surface area contributed by atoms with Gasteiger partial charge in [0.15, 0.2) is 0 Å². The lowest BCUT2D eigenvalue weighted by molar-refractivity contribution is 0.397. The van der Waals surface area contributed by atoms with Crippen molar-refractivity contribution in [2.45, 2.75) is 77.0 Å². The quantitative estimate of drug-likeness (QED) is 0.506. The Morgan fingerprint density at radius 2 is 0.364 bits per heavy atom. The molecule has 0 N–H and O–H groups in total. The zero-order valence-electron chi connectivity index (χ0n) is 21.1. The Balaban J connectivity index is 0.000000152. The highest BCUT2D eigenvalue weighted by Crippen LogP contribution is 2.53. The first-order valence-corrected chi connectivity index (χ1v) is 16.8. The Hall–Kier alpha value is 0.580. The summed E-state index contributed by atoms with van der Waals surface area (Å²) in [5.41, 5.74) is 0. The predicted molar refractivity (Wildman–Crippen MR) is 142 cm³/mol. The van der Waals surface area contributed by atoms with Gasteiger partial charge in [-0.15, -0.1) is 0 Å². The lowest BCUT2D eigenvalue weighted by Crippen LogP contribution is -2.34. The van der Waals surface area contributed by atoms with Gasteiger partial charge in [0.05, 0.1) is 0 Å². The summed E-state index contributed by atoms with van der Waals surface area (Å²) in [7, 11) is -0.955. The fraction of sp³-hybridized carbons (Fsp3) is 1.00. The van der Waals surface area contributed by atoms with Crippen LogP contribution < -0.4 is 0 Å². The molecule has 6 saturated heterocycles. The molecule has 0 unspecified atom stereocenters. The van der Waals surface area contributed by atoms with E-state index in [-0.39, 0.29) is 5.48 Å². The summed E-state index contributed by atoms with van der Waals surface area (Å²) in [6.07, 6.45) is 17.3. The highest BCUT2D eigenvalue weighted by molar-refractivity contribution is 7.50. The van der Waals surface area contributed by atoms with Crippen LogP contribution in [0.1, 0.15) is 77.0 Å². The molecular formula is C24H50N6OP2. The Labute approximate surface area is 205 Å². The van der Waals surface area contributed by atoms with Gasteiger partial charge in [0.2, 0.25) is 16.7 Å². The van der Waals surface area contributed by atoms with Crippen LogP contribution in [0.4, 0.5) is 0 Å². The van der Waals surface area contributed by atoms with Gasteiger partial charge in [-0.25, -0.2) is 0 Å². The molecular weight excluding hydrogens is 450 g/mol. The molecule has 0 radical (unpaired) electrons. The van der Waals surface area contributed by atoms with E-state index in [2.05, 4.69) is 28.0 Å². The zero-order valence-corrected chi connectivity index (χ0v) is 23.1. The van der Waals surface area contributed by atoms with E-state index in [0.717, 1.165) is 0 Å². The monoisotopic (exact) mass is 500 g/mol. The number of hydrogen-bond acceptors (Lipinski definition) is 6. The Kier molecular flexibility index (Phi) is 11.1. The van der Waals surface area contributed by atoms with E-state index in [1.165, 1.54) is 156 Å². The second-order valence-corrected chi connectivity index (χ2v) is 15.8. The lowest BCUT2D eigenvalue weighted by Gasteiger charge is -2.31. The molecule has 7 nitrogen and oxygen atoms in total. The van der Waals surface area contributed by atoms with Crippen molar-refractivity contribution in [3.05, 3.63) is 0 Å². The molecule has 33 heavy (non-hydrogen) atoms. The maximum absolute atomic E-state index is 2.83. The molecule has 0 atom stereocenters. The van der Waals surface area contributed by atoms with Crippen molar-refractivity contribution in [2.75, 3.05) is 78.5 Å². The van der Waals surface area contributed by atoms with Gasteiger partial charge in [-0.05, 0) is 77.0 Å². The zero-order chi connectivity index (χ0) is 21.6. The van der Waals surface area contributed by atoms with Crippen molar-refractivity contribution >= 4 is 16.7 Å². The van der Waals surface area contributed by atoms with Crippen LogP contribution >= 0.6 is 16.7 Å². The summed E-state index contributed by atoms with van der Waals surface area (Å²) >= 11 is 0. The fourth-order valence-electron chi connectivity index (χ4n) is 6.70. The normalized spacial score (nSPS) is 28.9. The van der Waals surface area contributed by atoms with E-state index in [0.29, 0.717) is 0 Å². The molecule has 0 aliphatic carbocycles. The van der Waals surface area contributed by atoms with Crippen LogP contribution in [0.5, 0.6) is 0 Å². The molecule has 0 aromatic heterocycles. The van der Waals surface area contributed by atoms with Crippen LogP contribution in [0.15, 0.2) is 0 Å². The second kappa shape index (κ2) is 13.8. The molecule has 6 rings (SSSR count). The van der Waals surface area contributed by atoms with Gasteiger partial charge in [0.1, 0.15) is 0 Å². The van der Waals surface area contributed by atoms with E-state index in [9.17, 15) is 0 Å². The fourth-order valence-corrected chi connectivity index (χ4v) is 13.4. The van der Waals surface area contributed by atoms with Crippen molar-refractivity contribution in [1.29, 1.82) is 0 Å². The van der Waals surface area contributed by atoms with Crippen LogP contribution in [0.25, 0.3) is 0 Å². The van der Waals surface area contributed by atoms with Crippen LogP contribution in [-0.2, 0) is 5.48 Å². The van der Waals surface area contributed by atoms with E-state index < -0.39 is 16.7 Å². The molecule has 0 bridgehead atoms. The summed E-state index contributed by atoms with van der Waals surface area (Å²) in [5.74, 6) is 0. The van der Waals surface area contributed by atoms with Gasteiger partial charge in [0, 0.05) is 78.5 Å². The average Bonchev–Trinajstić information content (AvgIpc) is 3.67. The number of hydrogen-bond donors (Lipinski definition) is 0. The third-order valence-corrected chi connectivity index (χ3v) is 14.4. The van der Waals surface area contributed by atoms with Crippen molar-refractivity contribution in [3.63, 3.8) is 0 Å². The maximum Gasteiger partial charge on any atom is 0.213 e. The largest absolute Gasteiger partial charge is 2.00 e. The molecule has 6 aliphatic heterocycles. The van der Waals surface area contributed by atoms with Crippen molar-refractivity contribution in [3.8, 4) is 0 Å². The van der Waals surface area contributed by atoms with Gasteiger partial charge in [-0.2, -0.15) is 28.0 Å². The van der Waals surface area contributed by atoms with E-state index in [4.69, 9.17) is 0 Å². The average molecular weight is 501 g/mol. The molecule has 0 amide bonds. The molecule has 0 spiro atoms. The van der Waals surface area contributed by atoms with Crippen molar-refractivity contribution in [1.82, 2.24) is 28.0 Å². The number of nitrogens with zero attached hydrogens (tertiary/aromatic N) is 6. The van der Waals surface area contributed by atoms with Crippen LogP contribution in [0.2, 0.25) is 0 Å². The highest BCUT2D eigenvalue weighted by atomic mass is 31.2. The van der Waals surface area contributed by atoms with Crippen LogP contribution in [0.3, 0.4) is 0 Å². The summed E-state index contributed by atoms with van der Waals surface area (Å²) in [6.45, 7) is 16.5. The molecule has 6 aliphatic rings. The Morgan fingerprint density at radius 3 is 0.485 bits per heavy atom.